The van der Waals surface area contributed by atoms with Crippen molar-refractivity contribution >= 4 is 5.69 Å². The van der Waals surface area contributed by atoms with Crippen molar-refractivity contribution in [1.29, 1.82) is 5.26 Å². The zero-order chi connectivity index (χ0) is 12.1. The lowest BCUT2D eigenvalue weighted by Gasteiger charge is -2.20. The zero-order valence-corrected chi connectivity index (χ0v) is 9.67. The largest absolute Gasteiger partial charge is 0.369 e. The maximum Gasteiger partial charge on any atom is 0.101 e. The normalized spacial score (nSPS) is 9.65. The first-order chi connectivity index (χ1) is 8.31. The van der Waals surface area contributed by atoms with Crippen molar-refractivity contribution < 1.29 is 0 Å². The summed E-state index contributed by atoms with van der Waals surface area (Å²) in [6, 6.07) is 13.8. The highest BCUT2D eigenvalue weighted by molar-refractivity contribution is 5.58. The van der Waals surface area contributed by atoms with E-state index in [1.165, 1.54) is 5.56 Å². The van der Waals surface area contributed by atoms with Crippen LogP contribution in [0.15, 0.2) is 48.8 Å². The highest BCUT2D eigenvalue weighted by atomic mass is 15.1. The van der Waals surface area contributed by atoms with E-state index in [0.717, 1.165) is 12.2 Å². The lowest BCUT2D eigenvalue weighted by molar-refractivity contribution is 0.917. The average Bonchev–Trinajstić information content (AvgIpc) is 2.40. The number of nitriles is 1. The Morgan fingerprint density at radius 2 is 1.88 bits per heavy atom. The van der Waals surface area contributed by atoms with Crippen LogP contribution in [0.3, 0.4) is 0 Å². The van der Waals surface area contributed by atoms with Gasteiger partial charge in [0.25, 0.3) is 0 Å². The van der Waals surface area contributed by atoms with Gasteiger partial charge in [-0.2, -0.15) is 5.26 Å². The van der Waals surface area contributed by atoms with Crippen molar-refractivity contribution in [3.05, 3.63) is 59.9 Å². The molecule has 2 rings (SSSR count). The lowest BCUT2D eigenvalue weighted by atomic mass is 10.1. The summed E-state index contributed by atoms with van der Waals surface area (Å²) in [6.45, 7) is 0.765. The molecule has 1 heterocycles. The zero-order valence-electron chi connectivity index (χ0n) is 9.67. The third-order valence-electron chi connectivity index (χ3n) is 2.60. The molecule has 0 N–H and O–H groups in total. The summed E-state index contributed by atoms with van der Waals surface area (Å²) in [6.07, 6.45) is 3.55. The topological polar surface area (TPSA) is 39.9 Å². The van der Waals surface area contributed by atoms with Crippen LogP contribution in [-0.2, 0) is 6.54 Å². The minimum Gasteiger partial charge on any atom is -0.369 e. The first-order valence-corrected chi connectivity index (χ1v) is 5.40. The molecule has 0 radical (unpaired) electrons. The maximum atomic E-state index is 9.05. The number of rotatable bonds is 3. The Labute approximate surface area is 101 Å². The van der Waals surface area contributed by atoms with Gasteiger partial charge in [0, 0.05) is 26.0 Å². The Hall–Kier alpha value is -2.34. The van der Waals surface area contributed by atoms with Crippen LogP contribution in [-0.4, -0.2) is 12.0 Å². The summed E-state index contributed by atoms with van der Waals surface area (Å²) in [5.41, 5.74) is 2.83. The number of nitrogens with zero attached hydrogens (tertiary/aromatic N) is 3. The van der Waals surface area contributed by atoms with Crippen molar-refractivity contribution in [3.63, 3.8) is 0 Å². The van der Waals surface area contributed by atoms with E-state index in [-0.39, 0.29) is 0 Å². The van der Waals surface area contributed by atoms with Gasteiger partial charge in [0.05, 0.1) is 11.3 Å². The molecule has 1 aromatic heterocycles. The molecule has 0 aliphatic rings. The second-order valence-electron chi connectivity index (χ2n) is 3.84. The van der Waals surface area contributed by atoms with Crippen LogP contribution >= 0.6 is 0 Å². The quantitative estimate of drug-likeness (QED) is 0.803. The third kappa shape index (κ3) is 2.61. The highest BCUT2D eigenvalue weighted by Gasteiger charge is 2.06. The van der Waals surface area contributed by atoms with E-state index in [1.54, 1.807) is 12.4 Å². The molecule has 3 nitrogen and oxygen atoms in total. The fourth-order valence-electron chi connectivity index (χ4n) is 1.75. The summed E-state index contributed by atoms with van der Waals surface area (Å²) >= 11 is 0. The lowest BCUT2D eigenvalue weighted by Crippen LogP contribution is -2.17. The van der Waals surface area contributed by atoms with Crippen LogP contribution in [0.2, 0.25) is 0 Å². The molecule has 0 atom stereocenters. The molecule has 0 fully saturated rings. The SMILES string of the molecule is CN(Cc1ccncc1)c1ccccc1C#N. The molecule has 0 saturated carbocycles. The molecule has 17 heavy (non-hydrogen) atoms. The molecule has 0 bridgehead atoms. The van der Waals surface area contributed by atoms with E-state index >= 15 is 0 Å². The van der Waals surface area contributed by atoms with Crippen LogP contribution in [0.25, 0.3) is 0 Å². The summed E-state index contributed by atoms with van der Waals surface area (Å²) in [5.74, 6) is 0. The van der Waals surface area contributed by atoms with Crippen molar-refractivity contribution in [2.75, 3.05) is 11.9 Å². The molecule has 0 aliphatic heterocycles. The Bertz CT molecular complexity index is 529. The molecule has 0 spiro atoms. The molecule has 1 aromatic carbocycles. The molecule has 3 heteroatoms. The number of anilines is 1. The Morgan fingerprint density at radius 1 is 1.18 bits per heavy atom. The van der Waals surface area contributed by atoms with Crippen LogP contribution in [0.5, 0.6) is 0 Å². The van der Waals surface area contributed by atoms with E-state index in [9.17, 15) is 0 Å². The number of benzene rings is 1. The van der Waals surface area contributed by atoms with Crippen molar-refractivity contribution in [2.45, 2.75) is 6.54 Å². The molecule has 2 aromatic rings. The monoisotopic (exact) mass is 223 g/mol. The van der Waals surface area contributed by atoms with Crippen LogP contribution in [0.1, 0.15) is 11.1 Å². The predicted octanol–water partition coefficient (Wildman–Crippen LogP) is 2.59. The molecule has 0 amide bonds. The molecule has 0 aliphatic carbocycles. The predicted molar refractivity (Wildman–Crippen MR) is 67.5 cm³/mol. The van der Waals surface area contributed by atoms with Crippen LogP contribution in [0, 0.1) is 11.3 Å². The molecule has 0 unspecified atom stereocenters. The minimum absolute atomic E-state index is 0.698. The van der Waals surface area contributed by atoms with Gasteiger partial charge >= 0.3 is 0 Å². The summed E-state index contributed by atoms with van der Waals surface area (Å²) < 4.78 is 0. The van der Waals surface area contributed by atoms with E-state index < -0.39 is 0 Å². The van der Waals surface area contributed by atoms with Crippen molar-refractivity contribution in [2.24, 2.45) is 0 Å². The van der Waals surface area contributed by atoms with Gasteiger partial charge < -0.3 is 4.90 Å². The fraction of sp³-hybridized carbons (Fsp3) is 0.143. The van der Waals surface area contributed by atoms with Gasteiger partial charge in [0.2, 0.25) is 0 Å². The van der Waals surface area contributed by atoms with Gasteiger partial charge in [-0.05, 0) is 29.8 Å². The van der Waals surface area contributed by atoms with Crippen molar-refractivity contribution in [1.82, 2.24) is 4.98 Å². The first-order valence-electron chi connectivity index (χ1n) is 5.40. The number of hydrogen-bond donors (Lipinski definition) is 0. The highest BCUT2D eigenvalue weighted by Crippen LogP contribution is 2.19. The Kier molecular flexibility index (Phi) is 3.37. The van der Waals surface area contributed by atoms with E-state index in [4.69, 9.17) is 5.26 Å². The molecule has 84 valence electrons. The van der Waals surface area contributed by atoms with E-state index in [0.29, 0.717) is 5.56 Å². The second-order valence-corrected chi connectivity index (χ2v) is 3.84. The molecular weight excluding hydrogens is 210 g/mol. The molecule has 0 saturated heterocycles. The average molecular weight is 223 g/mol. The van der Waals surface area contributed by atoms with Gasteiger partial charge in [-0.15, -0.1) is 0 Å². The van der Waals surface area contributed by atoms with Crippen LogP contribution in [0.4, 0.5) is 5.69 Å². The van der Waals surface area contributed by atoms with E-state index in [2.05, 4.69) is 16.0 Å². The Balaban J connectivity index is 2.21. The molecular formula is C14H13N3. The summed E-state index contributed by atoms with van der Waals surface area (Å²) in [7, 11) is 1.98. The van der Waals surface area contributed by atoms with Gasteiger partial charge in [-0.3, -0.25) is 4.98 Å². The van der Waals surface area contributed by atoms with Gasteiger partial charge in [0.15, 0.2) is 0 Å². The first kappa shape index (κ1) is 11.2. The van der Waals surface area contributed by atoms with Gasteiger partial charge in [-0.1, -0.05) is 12.1 Å². The minimum atomic E-state index is 0.698. The Morgan fingerprint density at radius 3 is 2.59 bits per heavy atom. The van der Waals surface area contributed by atoms with Gasteiger partial charge in [-0.25, -0.2) is 0 Å². The number of hydrogen-bond acceptors (Lipinski definition) is 3. The second kappa shape index (κ2) is 5.13. The number of para-hydroxylation sites is 1. The smallest absolute Gasteiger partial charge is 0.101 e. The van der Waals surface area contributed by atoms with Gasteiger partial charge in [0.1, 0.15) is 6.07 Å². The summed E-state index contributed by atoms with van der Waals surface area (Å²) in [4.78, 5) is 6.05. The van der Waals surface area contributed by atoms with E-state index in [1.807, 2.05) is 43.4 Å². The number of aromatic nitrogens is 1. The van der Waals surface area contributed by atoms with Crippen LogP contribution < -0.4 is 4.90 Å². The third-order valence-corrected chi connectivity index (χ3v) is 2.60. The summed E-state index contributed by atoms with van der Waals surface area (Å²) in [5, 5.41) is 9.05. The fourth-order valence-corrected chi connectivity index (χ4v) is 1.75. The van der Waals surface area contributed by atoms with Crippen molar-refractivity contribution in [3.8, 4) is 6.07 Å². The standard InChI is InChI=1S/C14H13N3/c1-17(11-12-6-8-16-9-7-12)14-5-3-2-4-13(14)10-15/h2-9H,11H2,1H3. The maximum absolute atomic E-state index is 9.05. The number of pyridine rings is 1.